The summed E-state index contributed by atoms with van der Waals surface area (Å²) in [7, 11) is 2.12. The van der Waals surface area contributed by atoms with Crippen molar-refractivity contribution in [2.45, 2.75) is 24.4 Å². The number of rotatable bonds is 5. The van der Waals surface area contributed by atoms with E-state index in [9.17, 15) is 9.90 Å². The molecule has 1 amide bonds. The minimum atomic E-state index is -1.22. The third-order valence-corrected chi connectivity index (χ3v) is 5.58. The first-order chi connectivity index (χ1) is 12.5. The normalized spacial score (nSPS) is 18.3. The molecule has 0 unspecified atom stereocenters. The lowest BCUT2D eigenvalue weighted by atomic mass is 9.72. The number of hydrogen-bond donors (Lipinski definition) is 2. The van der Waals surface area contributed by atoms with E-state index >= 15 is 0 Å². The minimum absolute atomic E-state index is 0.0997. The van der Waals surface area contributed by atoms with Crippen LogP contribution >= 0.6 is 11.6 Å². The third-order valence-electron chi connectivity index (χ3n) is 5.34. The molecule has 4 nitrogen and oxygen atoms in total. The van der Waals surface area contributed by atoms with Gasteiger partial charge in [-0.3, -0.25) is 4.79 Å². The summed E-state index contributed by atoms with van der Waals surface area (Å²) in [5.41, 5.74) is 1.65. The van der Waals surface area contributed by atoms with Gasteiger partial charge in [-0.05, 0) is 56.2 Å². The molecule has 1 saturated heterocycles. The highest BCUT2D eigenvalue weighted by atomic mass is 35.5. The van der Waals surface area contributed by atoms with Crippen molar-refractivity contribution in [3.05, 3.63) is 70.7 Å². The molecule has 1 heterocycles. The number of aliphatic hydroxyl groups is 1. The van der Waals surface area contributed by atoms with Crippen LogP contribution in [-0.2, 0) is 10.2 Å². The molecule has 1 aliphatic rings. The van der Waals surface area contributed by atoms with Gasteiger partial charge in [0.25, 0.3) is 5.91 Å². The summed E-state index contributed by atoms with van der Waals surface area (Å²) < 4.78 is 0. The largest absolute Gasteiger partial charge is 0.378 e. The molecule has 1 aliphatic heterocycles. The topological polar surface area (TPSA) is 52.6 Å². The minimum Gasteiger partial charge on any atom is -0.378 e. The van der Waals surface area contributed by atoms with Crippen LogP contribution in [0.5, 0.6) is 0 Å². The van der Waals surface area contributed by atoms with Crippen molar-refractivity contribution in [2.24, 2.45) is 0 Å². The van der Waals surface area contributed by atoms with Gasteiger partial charge in [0.05, 0.1) is 0 Å². The van der Waals surface area contributed by atoms with Gasteiger partial charge in [-0.15, -0.1) is 0 Å². The summed E-state index contributed by atoms with van der Waals surface area (Å²) in [6, 6.07) is 17.1. The molecule has 0 aliphatic carbocycles. The van der Waals surface area contributed by atoms with Gasteiger partial charge in [-0.25, -0.2) is 0 Å². The van der Waals surface area contributed by atoms with E-state index in [1.807, 2.05) is 18.2 Å². The SMILES string of the molecule is CN1CCC(CNC(=O)[C@H](O)c2cccc(Cl)c2)(c2ccccc2)CC1. The van der Waals surface area contributed by atoms with Crippen LogP contribution in [-0.4, -0.2) is 42.6 Å². The fourth-order valence-corrected chi connectivity index (χ4v) is 3.79. The Morgan fingerprint density at radius 2 is 1.88 bits per heavy atom. The highest BCUT2D eigenvalue weighted by molar-refractivity contribution is 6.30. The molecular formula is C21H25ClN2O2. The van der Waals surface area contributed by atoms with Gasteiger partial charge in [0.2, 0.25) is 0 Å². The van der Waals surface area contributed by atoms with Gasteiger partial charge in [-0.2, -0.15) is 0 Å². The molecular weight excluding hydrogens is 348 g/mol. The summed E-state index contributed by atoms with van der Waals surface area (Å²) in [5, 5.41) is 13.8. The maximum Gasteiger partial charge on any atom is 0.253 e. The highest BCUT2D eigenvalue weighted by Gasteiger charge is 2.36. The summed E-state index contributed by atoms with van der Waals surface area (Å²) in [6.45, 7) is 2.49. The van der Waals surface area contributed by atoms with Crippen LogP contribution in [0, 0.1) is 0 Å². The van der Waals surface area contributed by atoms with Crippen molar-refractivity contribution in [3.8, 4) is 0 Å². The Labute approximate surface area is 159 Å². The molecule has 2 aromatic carbocycles. The summed E-state index contributed by atoms with van der Waals surface area (Å²) in [6.07, 6.45) is 0.732. The number of halogens is 1. The first-order valence-corrected chi connectivity index (χ1v) is 9.33. The zero-order chi connectivity index (χ0) is 18.6. The van der Waals surface area contributed by atoms with Gasteiger partial charge < -0.3 is 15.3 Å². The van der Waals surface area contributed by atoms with Gasteiger partial charge in [0.1, 0.15) is 0 Å². The molecule has 138 valence electrons. The first-order valence-electron chi connectivity index (χ1n) is 8.95. The molecule has 2 N–H and O–H groups in total. The summed E-state index contributed by atoms with van der Waals surface area (Å²) in [4.78, 5) is 14.8. The van der Waals surface area contributed by atoms with Crippen molar-refractivity contribution >= 4 is 17.5 Å². The fraction of sp³-hybridized carbons (Fsp3) is 0.381. The van der Waals surface area contributed by atoms with E-state index in [0.717, 1.165) is 25.9 Å². The second-order valence-corrected chi connectivity index (χ2v) is 7.56. The van der Waals surface area contributed by atoms with Gasteiger partial charge in [0.15, 0.2) is 6.10 Å². The molecule has 5 heteroatoms. The van der Waals surface area contributed by atoms with Crippen LogP contribution in [0.4, 0.5) is 0 Å². The predicted molar refractivity (Wildman–Crippen MR) is 104 cm³/mol. The Bertz CT molecular complexity index is 743. The quantitative estimate of drug-likeness (QED) is 0.847. The maximum atomic E-state index is 12.5. The first kappa shape index (κ1) is 18.9. The smallest absolute Gasteiger partial charge is 0.253 e. The van der Waals surface area contributed by atoms with E-state index < -0.39 is 6.10 Å². The second-order valence-electron chi connectivity index (χ2n) is 7.12. The van der Waals surface area contributed by atoms with Crippen molar-refractivity contribution in [3.63, 3.8) is 0 Å². The monoisotopic (exact) mass is 372 g/mol. The van der Waals surface area contributed by atoms with Crippen LogP contribution < -0.4 is 5.32 Å². The van der Waals surface area contributed by atoms with E-state index in [0.29, 0.717) is 17.1 Å². The standard InChI is InChI=1S/C21H25ClN2O2/c1-24-12-10-21(11-13-24,17-7-3-2-4-8-17)15-23-20(26)19(25)16-6-5-9-18(22)14-16/h2-9,14,19,25H,10-13,15H2,1H3,(H,23,26)/t19-/m1/s1. The molecule has 0 bridgehead atoms. The van der Waals surface area contributed by atoms with E-state index in [-0.39, 0.29) is 11.3 Å². The number of carbonyl (C=O) groups excluding carboxylic acids is 1. The van der Waals surface area contributed by atoms with Crippen molar-refractivity contribution in [1.29, 1.82) is 0 Å². The molecule has 0 aromatic heterocycles. The Morgan fingerprint density at radius 3 is 2.54 bits per heavy atom. The van der Waals surface area contributed by atoms with Crippen molar-refractivity contribution in [2.75, 3.05) is 26.7 Å². The van der Waals surface area contributed by atoms with Crippen LogP contribution in [0.3, 0.4) is 0 Å². The van der Waals surface area contributed by atoms with Gasteiger partial charge in [-0.1, -0.05) is 54.1 Å². The highest BCUT2D eigenvalue weighted by Crippen LogP contribution is 2.34. The number of likely N-dealkylation sites (tertiary alicyclic amines) is 1. The number of carbonyl (C=O) groups is 1. The number of nitrogens with zero attached hydrogens (tertiary/aromatic N) is 1. The number of aliphatic hydroxyl groups excluding tert-OH is 1. The Kier molecular flexibility index (Phi) is 5.97. The Balaban J connectivity index is 1.73. The lowest BCUT2D eigenvalue weighted by molar-refractivity contribution is -0.130. The third kappa shape index (κ3) is 4.26. The fourth-order valence-electron chi connectivity index (χ4n) is 3.59. The number of hydrogen-bond acceptors (Lipinski definition) is 3. The van der Waals surface area contributed by atoms with Crippen LogP contribution in [0.25, 0.3) is 0 Å². The summed E-state index contributed by atoms with van der Waals surface area (Å²) >= 11 is 5.96. The molecule has 0 radical (unpaired) electrons. The van der Waals surface area contributed by atoms with Crippen LogP contribution in [0.15, 0.2) is 54.6 Å². The zero-order valence-electron chi connectivity index (χ0n) is 15.0. The van der Waals surface area contributed by atoms with Crippen molar-refractivity contribution < 1.29 is 9.90 Å². The number of benzene rings is 2. The molecule has 0 saturated carbocycles. The zero-order valence-corrected chi connectivity index (χ0v) is 15.7. The van der Waals surface area contributed by atoms with E-state index in [1.165, 1.54) is 5.56 Å². The van der Waals surface area contributed by atoms with E-state index in [2.05, 4.69) is 29.4 Å². The van der Waals surface area contributed by atoms with Gasteiger partial charge in [0, 0.05) is 17.0 Å². The molecule has 3 rings (SSSR count). The molecule has 2 aromatic rings. The van der Waals surface area contributed by atoms with E-state index in [4.69, 9.17) is 11.6 Å². The predicted octanol–water partition coefficient (Wildman–Crippen LogP) is 3.15. The average Bonchev–Trinajstić information content (AvgIpc) is 2.68. The number of piperidine rings is 1. The average molecular weight is 373 g/mol. The molecule has 26 heavy (non-hydrogen) atoms. The number of nitrogens with one attached hydrogen (secondary N) is 1. The lowest BCUT2D eigenvalue weighted by Gasteiger charge is -2.41. The summed E-state index contributed by atoms with van der Waals surface area (Å²) in [5.74, 6) is -0.387. The lowest BCUT2D eigenvalue weighted by Crippen LogP contribution is -2.48. The Hall–Kier alpha value is -1.88. The van der Waals surface area contributed by atoms with Crippen molar-refractivity contribution in [1.82, 2.24) is 10.2 Å². The Morgan fingerprint density at radius 1 is 1.19 bits per heavy atom. The second kappa shape index (κ2) is 8.21. The molecule has 1 atom stereocenters. The van der Waals surface area contributed by atoms with E-state index in [1.54, 1.807) is 24.3 Å². The molecule has 0 spiro atoms. The van der Waals surface area contributed by atoms with Gasteiger partial charge >= 0.3 is 0 Å². The maximum absolute atomic E-state index is 12.5. The van der Waals surface area contributed by atoms with Crippen LogP contribution in [0.2, 0.25) is 5.02 Å². The number of amides is 1. The van der Waals surface area contributed by atoms with Crippen LogP contribution in [0.1, 0.15) is 30.1 Å². The molecule has 1 fully saturated rings.